The van der Waals surface area contributed by atoms with Gasteiger partial charge in [-0.05, 0) is 17.7 Å². The summed E-state index contributed by atoms with van der Waals surface area (Å²) in [7, 11) is 0. The molecule has 0 unspecified atom stereocenters. The minimum absolute atomic E-state index is 0.000802. The Morgan fingerprint density at radius 2 is 1.83 bits per heavy atom. The van der Waals surface area contributed by atoms with Crippen LogP contribution in [0.1, 0.15) is 16.0 Å². The summed E-state index contributed by atoms with van der Waals surface area (Å²) in [6.45, 7) is 0.357. The number of para-hydroxylation sites is 1. The highest BCUT2D eigenvalue weighted by Gasteiger charge is 2.16. The maximum atomic E-state index is 12.2. The lowest BCUT2D eigenvalue weighted by Gasteiger charge is -2.04. The van der Waals surface area contributed by atoms with Crippen molar-refractivity contribution in [2.45, 2.75) is 6.54 Å². The van der Waals surface area contributed by atoms with E-state index in [1.165, 1.54) is 4.57 Å². The van der Waals surface area contributed by atoms with E-state index in [9.17, 15) is 9.90 Å². The first-order valence-electron chi connectivity index (χ1n) is 7.54. The molecule has 0 saturated carbocycles. The average molecular weight is 334 g/mol. The van der Waals surface area contributed by atoms with Crippen molar-refractivity contribution >= 4 is 34.9 Å². The van der Waals surface area contributed by atoms with Gasteiger partial charge < -0.3 is 5.11 Å². The van der Waals surface area contributed by atoms with E-state index in [0.29, 0.717) is 11.4 Å². The van der Waals surface area contributed by atoms with Gasteiger partial charge in [0, 0.05) is 17.4 Å². The van der Waals surface area contributed by atoms with Crippen LogP contribution in [0.25, 0.3) is 11.6 Å². The number of fused-ring (bicyclic) bond motifs is 1. The summed E-state index contributed by atoms with van der Waals surface area (Å²) in [6.07, 6.45) is 3.58. The Kier molecular flexibility index (Phi) is 3.63. The van der Waals surface area contributed by atoms with Crippen molar-refractivity contribution in [1.82, 2.24) is 4.57 Å². The summed E-state index contributed by atoms with van der Waals surface area (Å²) in [6, 6.07) is 17.4. The predicted octanol–water partition coefficient (Wildman–Crippen LogP) is 3.92. The summed E-state index contributed by atoms with van der Waals surface area (Å²) < 4.78 is 1.39. The van der Waals surface area contributed by atoms with Gasteiger partial charge in [-0.3, -0.25) is 14.4 Å². The number of allylic oxidation sites excluding steroid dienone is 1. The molecule has 118 valence electrons. The van der Waals surface area contributed by atoms with Crippen molar-refractivity contribution in [3.8, 4) is 5.88 Å². The number of hydrogen-bond donors (Lipinski definition) is 1. The fourth-order valence-corrected chi connectivity index (χ4v) is 3.55. The zero-order valence-corrected chi connectivity index (χ0v) is 13.5. The monoisotopic (exact) mass is 334 g/mol. The van der Waals surface area contributed by atoms with Crippen LogP contribution in [-0.4, -0.2) is 15.9 Å². The molecule has 24 heavy (non-hydrogen) atoms. The fraction of sp³-hybridized carbons (Fsp3) is 0.0526. The smallest absolute Gasteiger partial charge is 0.310 e. The largest absolute Gasteiger partial charge is 0.493 e. The number of benzene rings is 2. The van der Waals surface area contributed by atoms with Crippen molar-refractivity contribution in [3.05, 3.63) is 80.3 Å². The molecule has 0 saturated heterocycles. The molecule has 3 aromatic rings. The molecular weight excluding hydrogens is 320 g/mol. The van der Waals surface area contributed by atoms with Crippen LogP contribution in [0.3, 0.4) is 0 Å². The molecule has 0 aliphatic carbocycles. The van der Waals surface area contributed by atoms with Gasteiger partial charge in [-0.2, -0.15) is 0 Å². The SMILES string of the molecule is O=c1sc(C=C2C=Nc3ccccc32)c(O)n1Cc1ccccc1. The first-order chi connectivity index (χ1) is 11.7. The van der Waals surface area contributed by atoms with Crippen molar-refractivity contribution < 1.29 is 5.11 Å². The van der Waals surface area contributed by atoms with Gasteiger partial charge in [-0.15, -0.1) is 0 Å². The first-order valence-corrected chi connectivity index (χ1v) is 8.36. The third-order valence-electron chi connectivity index (χ3n) is 3.92. The molecule has 5 heteroatoms. The van der Waals surface area contributed by atoms with Crippen LogP contribution in [0.4, 0.5) is 5.69 Å². The lowest BCUT2D eigenvalue weighted by atomic mass is 10.1. The van der Waals surface area contributed by atoms with E-state index in [4.69, 9.17) is 0 Å². The number of aromatic nitrogens is 1. The van der Waals surface area contributed by atoms with E-state index in [-0.39, 0.29) is 10.8 Å². The number of nitrogens with zero attached hydrogens (tertiary/aromatic N) is 2. The number of aliphatic imine (C=N–C) groups is 1. The maximum Gasteiger partial charge on any atom is 0.310 e. The number of hydrogen-bond acceptors (Lipinski definition) is 4. The Balaban J connectivity index is 1.72. The van der Waals surface area contributed by atoms with Crippen molar-refractivity contribution in [1.29, 1.82) is 0 Å². The van der Waals surface area contributed by atoms with Crippen LogP contribution in [0.5, 0.6) is 5.88 Å². The molecule has 4 rings (SSSR count). The maximum absolute atomic E-state index is 12.2. The van der Waals surface area contributed by atoms with Crippen LogP contribution in [0.15, 0.2) is 64.4 Å². The minimum Gasteiger partial charge on any atom is -0.493 e. The molecule has 2 aromatic carbocycles. The quantitative estimate of drug-likeness (QED) is 0.789. The molecule has 0 fully saturated rings. The molecule has 0 spiro atoms. The van der Waals surface area contributed by atoms with Gasteiger partial charge >= 0.3 is 4.87 Å². The van der Waals surface area contributed by atoms with Crippen molar-refractivity contribution in [3.63, 3.8) is 0 Å². The van der Waals surface area contributed by atoms with E-state index in [1.54, 1.807) is 6.21 Å². The molecule has 1 aliphatic rings. The van der Waals surface area contributed by atoms with Crippen LogP contribution < -0.4 is 4.87 Å². The Bertz CT molecular complexity index is 1010. The highest BCUT2D eigenvalue weighted by atomic mass is 32.1. The summed E-state index contributed by atoms with van der Waals surface area (Å²) in [5, 5.41) is 10.5. The van der Waals surface area contributed by atoms with E-state index in [0.717, 1.165) is 33.7 Å². The minimum atomic E-state index is -0.175. The zero-order chi connectivity index (χ0) is 16.5. The predicted molar refractivity (Wildman–Crippen MR) is 98.3 cm³/mol. The summed E-state index contributed by atoms with van der Waals surface area (Å²) in [5.74, 6) is -0.000802. The van der Waals surface area contributed by atoms with Gasteiger partial charge in [0.2, 0.25) is 5.88 Å². The zero-order valence-electron chi connectivity index (χ0n) is 12.7. The summed E-state index contributed by atoms with van der Waals surface area (Å²) in [5.41, 5.74) is 3.78. The molecule has 2 heterocycles. The number of thiazole rings is 1. The van der Waals surface area contributed by atoms with E-state index in [1.807, 2.05) is 60.7 Å². The fourth-order valence-electron chi connectivity index (χ4n) is 2.71. The second-order valence-corrected chi connectivity index (χ2v) is 6.50. The molecule has 0 amide bonds. The molecule has 0 bridgehead atoms. The normalized spacial score (nSPS) is 14.2. The third-order valence-corrected chi connectivity index (χ3v) is 4.84. The lowest BCUT2D eigenvalue weighted by Crippen LogP contribution is -2.13. The van der Waals surface area contributed by atoms with Crippen LogP contribution in [0, 0.1) is 0 Å². The van der Waals surface area contributed by atoms with Gasteiger partial charge in [0.1, 0.15) is 0 Å². The molecule has 0 atom stereocenters. The first kappa shape index (κ1) is 14.7. The molecule has 4 nitrogen and oxygen atoms in total. The highest BCUT2D eigenvalue weighted by molar-refractivity contribution is 7.10. The van der Waals surface area contributed by atoms with Crippen LogP contribution in [0.2, 0.25) is 0 Å². The highest BCUT2D eigenvalue weighted by Crippen LogP contribution is 2.34. The van der Waals surface area contributed by atoms with Crippen molar-refractivity contribution in [2.24, 2.45) is 4.99 Å². The molecule has 0 radical (unpaired) electrons. The lowest BCUT2D eigenvalue weighted by molar-refractivity contribution is 0.420. The molecule has 1 aliphatic heterocycles. The Morgan fingerprint density at radius 3 is 2.67 bits per heavy atom. The van der Waals surface area contributed by atoms with E-state index in [2.05, 4.69) is 4.99 Å². The number of rotatable bonds is 3. The topological polar surface area (TPSA) is 54.6 Å². The van der Waals surface area contributed by atoms with Crippen molar-refractivity contribution in [2.75, 3.05) is 0 Å². The second kappa shape index (κ2) is 5.94. The molecular formula is C19H14N2O2S. The van der Waals surface area contributed by atoms with Crippen LogP contribution >= 0.6 is 11.3 Å². The van der Waals surface area contributed by atoms with Gasteiger partial charge in [-0.1, -0.05) is 59.9 Å². The van der Waals surface area contributed by atoms with Crippen LogP contribution in [-0.2, 0) is 6.54 Å². The Morgan fingerprint density at radius 1 is 1.08 bits per heavy atom. The number of aromatic hydroxyl groups is 1. The van der Waals surface area contributed by atoms with Gasteiger partial charge in [0.15, 0.2) is 0 Å². The Hall–Kier alpha value is -2.92. The summed E-state index contributed by atoms with van der Waals surface area (Å²) >= 11 is 1.04. The Labute approximate surface area is 142 Å². The van der Waals surface area contributed by atoms with Gasteiger partial charge in [-0.25, -0.2) is 0 Å². The second-order valence-electron chi connectivity index (χ2n) is 5.50. The standard InChI is InChI=1S/C19H14N2O2S/c22-18-17(10-14-11-20-16-9-5-4-8-15(14)16)24-19(23)21(18)12-13-6-2-1-3-7-13/h1-11,22H,12H2. The van der Waals surface area contributed by atoms with Gasteiger partial charge in [0.05, 0.1) is 17.1 Å². The average Bonchev–Trinajstić information content (AvgIpc) is 3.13. The molecule has 1 aromatic heterocycles. The van der Waals surface area contributed by atoms with Gasteiger partial charge in [0.25, 0.3) is 0 Å². The molecule has 1 N–H and O–H groups in total. The van der Waals surface area contributed by atoms with E-state index < -0.39 is 0 Å². The van der Waals surface area contributed by atoms with E-state index >= 15 is 0 Å². The third kappa shape index (κ3) is 2.59. The summed E-state index contributed by atoms with van der Waals surface area (Å²) in [4.78, 5) is 17.0.